The van der Waals surface area contributed by atoms with Gasteiger partial charge in [-0.15, -0.1) is 11.3 Å². The third-order valence-corrected chi connectivity index (χ3v) is 6.60. The fourth-order valence-electron chi connectivity index (χ4n) is 3.93. The SMILES string of the molecule is CC(=O)Nc1cccc(Nc2ncc3ccc4sc(C(O)N5CCNCC5)cc4c3n2)c1. The van der Waals surface area contributed by atoms with E-state index in [1.807, 2.05) is 36.4 Å². The number of rotatable bonds is 5. The van der Waals surface area contributed by atoms with Gasteiger partial charge < -0.3 is 21.1 Å². The van der Waals surface area contributed by atoms with E-state index < -0.39 is 6.23 Å². The molecule has 9 heteroatoms. The number of nitrogens with zero attached hydrogens (tertiary/aromatic N) is 3. The molecule has 8 nitrogen and oxygen atoms in total. The lowest BCUT2D eigenvalue weighted by atomic mass is 10.1. The van der Waals surface area contributed by atoms with Crippen LogP contribution in [0.3, 0.4) is 0 Å². The van der Waals surface area contributed by atoms with E-state index in [9.17, 15) is 9.90 Å². The van der Waals surface area contributed by atoms with Gasteiger partial charge in [0.1, 0.15) is 6.23 Å². The largest absolute Gasteiger partial charge is 0.373 e. The van der Waals surface area contributed by atoms with Gasteiger partial charge in [-0.25, -0.2) is 9.97 Å². The summed E-state index contributed by atoms with van der Waals surface area (Å²) in [5.41, 5.74) is 2.32. The fraction of sp³-hybridized carbons (Fsp3) is 0.261. The van der Waals surface area contributed by atoms with Crippen LogP contribution in [0.5, 0.6) is 0 Å². The van der Waals surface area contributed by atoms with E-state index in [1.54, 1.807) is 17.5 Å². The molecule has 2 aromatic heterocycles. The van der Waals surface area contributed by atoms with Gasteiger partial charge in [-0.3, -0.25) is 9.69 Å². The number of aromatic nitrogens is 2. The van der Waals surface area contributed by atoms with Crippen molar-refractivity contribution in [3.05, 3.63) is 53.5 Å². The number of benzene rings is 2. The third-order valence-electron chi connectivity index (χ3n) is 5.46. The number of aliphatic hydroxyl groups excluding tert-OH is 1. The van der Waals surface area contributed by atoms with E-state index in [-0.39, 0.29) is 5.91 Å². The average molecular weight is 449 g/mol. The minimum Gasteiger partial charge on any atom is -0.373 e. The second-order valence-corrected chi connectivity index (χ2v) is 8.92. The van der Waals surface area contributed by atoms with Gasteiger partial charge in [0.25, 0.3) is 0 Å². The van der Waals surface area contributed by atoms with E-state index in [0.29, 0.717) is 11.6 Å². The number of anilines is 3. The highest BCUT2D eigenvalue weighted by atomic mass is 32.1. The zero-order valence-corrected chi connectivity index (χ0v) is 18.4. The first-order valence-corrected chi connectivity index (χ1v) is 11.4. The number of hydrogen-bond donors (Lipinski definition) is 4. The number of carbonyl (C=O) groups excluding carboxylic acids is 1. The summed E-state index contributed by atoms with van der Waals surface area (Å²) in [7, 11) is 0. The molecule has 1 atom stereocenters. The summed E-state index contributed by atoms with van der Waals surface area (Å²) in [6.07, 6.45) is 1.19. The maximum Gasteiger partial charge on any atom is 0.227 e. The van der Waals surface area contributed by atoms with Gasteiger partial charge in [0, 0.05) is 71.0 Å². The first kappa shape index (κ1) is 20.8. The maximum atomic E-state index is 11.3. The third kappa shape index (κ3) is 4.28. The molecule has 164 valence electrons. The number of carbonyl (C=O) groups is 1. The smallest absolute Gasteiger partial charge is 0.227 e. The molecule has 1 aliphatic rings. The van der Waals surface area contributed by atoms with E-state index in [4.69, 9.17) is 4.98 Å². The molecular weight excluding hydrogens is 424 g/mol. The van der Waals surface area contributed by atoms with Crippen molar-refractivity contribution in [1.82, 2.24) is 20.2 Å². The standard InChI is InChI=1S/C23H24N6O2S/c1-14(30)26-16-3-2-4-17(11-16)27-23-25-13-15-5-6-19-18(21(15)28-23)12-20(32-19)22(31)29-9-7-24-8-10-29/h2-6,11-13,22,24,31H,7-10H2,1H3,(H,26,30)(H,25,27,28). The summed E-state index contributed by atoms with van der Waals surface area (Å²) >= 11 is 1.60. The molecular formula is C23H24N6O2S. The summed E-state index contributed by atoms with van der Waals surface area (Å²) in [5.74, 6) is 0.350. The lowest BCUT2D eigenvalue weighted by Crippen LogP contribution is -2.44. The molecule has 5 rings (SSSR count). The van der Waals surface area contributed by atoms with E-state index >= 15 is 0 Å². The zero-order chi connectivity index (χ0) is 22.1. The molecule has 0 bridgehead atoms. The summed E-state index contributed by atoms with van der Waals surface area (Å²) in [6, 6.07) is 13.5. The van der Waals surface area contributed by atoms with Gasteiger partial charge in [0.15, 0.2) is 0 Å². The minimum atomic E-state index is -0.611. The van der Waals surface area contributed by atoms with Crippen molar-refractivity contribution in [1.29, 1.82) is 0 Å². The lowest BCUT2D eigenvalue weighted by Gasteiger charge is -2.30. The molecule has 2 aromatic carbocycles. The second kappa shape index (κ2) is 8.79. The Morgan fingerprint density at radius 2 is 2.00 bits per heavy atom. The molecule has 1 fully saturated rings. The summed E-state index contributed by atoms with van der Waals surface area (Å²) < 4.78 is 1.08. The molecule has 3 heterocycles. The Kier molecular flexibility index (Phi) is 5.71. The normalized spacial score (nSPS) is 15.7. The van der Waals surface area contributed by atoms with Crippen LogP contribution < -0.4 is 16.0 Å². The Bertz CT molecular complexity index is 1280. The van der Waals surface area contributed by atoms with Crippen molar-refractivity contribution < 1.29 is 9.90 Å². The Morgan fingerprint density at radius 3 is 2.81 bits per heavy atom. The predicted molar refractivity (Wildman–Crippen MR) is 128 cm³/mol. The van der Waals surface area contributed by atoms with Crippen molar-refractivity contribution >= 4 is 55.6 Å². The average Bonchev–Trinajstić information content (AvgIpc) is 3.24. The van der Waals surface area contributed by atoms with Gasteiger partial charge in [0.2, 0.25) is 11.9 Å². The van der Waals surface area contributed by atoms with Crippen molar-refractivity contribution in [2.45, 2.75) is 13.2 Å². The molecule has 0 aliphatic carbocycles. The van der Waals surface area contributed by atoms with Gasteiger partial charge in [-0.2, -0.15) is 0 Å². The number of hydrogen-bond acceptors (Lipinski definition) is 8. The van der Waals surface area contributed by atoms with Crippen molar-refractivity contribution in [2.24, 2.45) is 0 Å². The van der Waals surface area contributed by atoms with Gasteiger partial charge in [-0.1, -0.05) is 6.07 Å². The first-order valence-electron chi connectivity index (χ1n) is 10.5. The van der Waals surface area contributed by atoms with Crippen LogP contribution in [0.1, 0.15) is 18.0 Å². The Morgan fingerprint density at radius 1 is 1.19 bits per heavy atom. The highest BCUT2D eigenvalue weighted by molar-refractivity contribution is 7.19. The molecule has 0 radical (unpaired) electrons. The van der Waals surface area contributed by atoms with E-state index in [0.717, 1.165) is 57.7 Å². The predicted octanol–water partition coefficient (Wildman–Crippen LogP) is 3.44. The van der Waals surface area contributed by atoms with Crippen molar-refractivity contribution in [2.75, 3.05) is 36.8 Å². The molecule has 1 saturated heterocycles. The summed E-state index contributed by atoms with van der Waals surface area (Å²) in [5, 5.41) is 22.2. The fourth-order valence-corrected chi connectivity index (χ4v) is 5.02. The molecule has 0 spiro atoms. The number of aliphatic hydroxyl groups is 1. The zero-order valence-electron chi connectivity index (χ0n) is 17.6. The van der Waals surface area contributed by atoms with Crippen molar-refractivity contribution in [3.63, 3.8) is 0 Å². The Balaban J connectivity index is 1.46. The van der Waals surface area contributed by atoms with Crippen LogP contribution in [0.4, 0.5) is 17.3 Å². The molecule has 0 saturated carbocycles. The number of amides is 1. The monoisotopic (exact) mass is 448 g/mol. The van der Waals surface area contributed by atoms with Gasteiger partial charge in [-0.05, 0) is 36.4 Å². The van der Waals surface area contributed by atoms with Crippen LogP contribution in [0.15, 0.2) is 48.7 Å². The maximum absolute atomic E-state index is 11.3. The molecule has 1 aliphatic heterocycles. The molecule has 1 unspecified atom stereocenters. The second-order valence-electron chi connectivity index (χ2n) is 7.80. The topological polar surface area (TPSA) is 102 Å². The quantitative estimate of drug-likeness (QED) is 0.371. The highest BCUT2D eigenvalue weighted by Crippen LogP contribution is 2.35. The number of fused-ring (bicyclic) bond motifs is 3. The lowest BCUT2D eigenvalue weighted by molar-refractivity contribution is -0.114. The van der Waals surface area contributed by atoms with Crippen molar-refractivity contribution in [3.8, 4) is 0 Å². The van der Waals surface area contributed by atoms with Crippen LogP contribution in [0.2, 0.25) is 0 Å². The highest BCUT2D eigenvalue weighted by Gasteiger charge is 2.22. The summed E-state index contributed by atoms with van der Waals surface area (Å²) in [6.45, 7) is 4.90. The van der Waals surface area contributed by atoms with Crippen LogP contribution in [0.25, 0.3) is 21.0 Å². The van der Waals surface area contributed by atoms with Crippen LogP contribution in [-0.4, -0.2) is 52.1 Å². The molecule has 4 aromatic rings. The van der Waals surface area contributed by atoms with E-state index in [1.165, 1.54) is 6.92 Å². The first-order chi connectivity index (χ1) is 15.6. The van der Waals surface area contributed by atoms with Gasteiger partial charge in [0.05, 0.1) is 5.52 Å². The Hall–Kier alpha value is -3.11. The van der Waals surface area contributed by atoms with Crippen LogP contribution >= 0.6 is 11.3 Å². The number of piperazine rings is 1. The van der Waals surface area contributed by atoms with Crippen LogP contribution in [-0.2, 0) is 4.79 Å². The molecule has 1 amide bonds. The number of nitrogens with one attached hydrogen (secondary N) is 3. The van der Waals surface area contributed by atoms with Gasteiger partial charge >= 0.3 is 0 Å². The number of thiophene rings is 1. The molecule has 32 heavy (non-hydrogen) atoms. The Labute approximate surface area is 189 Å². The van der Waals surface area contributed by atoms with Crippen LogP contribution in [0, 0.1) is 0 Å². The minimum absolute atomic E-state index is 0.122. The summed E-state index contributed by atoms with van der Waals surface area (Å²) in [4.78, 5) is 23.5. The molecule has 4 N–H and O–H groups in total. The van der Waals surface area contributed by atoms with E-state index in [2.05, 4.69) is 31.9 Å².